The van der Waals surface area contributed by atoms with Gasteiger partial charge in [0, 0.05) is 11.1 Å². The molecule has 1 aromatic carbocycles. The molecule has 0 saturated carbocycles. The van der Waals surface area contributed by atoms with Crippen LogP contribution < -0.4 is 5.73 Å². The average molecular weight is 333 g/mol. The number of hydrogen-bond acceptors (Lipinski definition) is 1. The van der Waals surface area contributed by atoms with E-state index in [1.807, 2.05) is 42.5 Å². The Balaban J connectivity index is 2.11. The minimum Gasteiger partial charge on any atom is -0.399 e. The van der Waals surface area contributed by atoms with Crippen molar-refractivity contribution >= 4 is 11.3 Å². The SMILES string of the molecule is CC1(C)C=CC=CC(C2=CC(c3cccc(N)c3)=CC(C)(F)C=C2)=C1. The molecule has 0 saturated heterocycles. The van der Waals surface area contributed by atoms with Crippen LogP contribution in [0.15, 0.2) is 90.1 Å². The molecule has 0 spiro atoms. The van der Waals surface area contributed by atoms with Crippen molar-refractivity contribution in [1.82, 2.24) is 0 Å². The number of alkyl halides is 1. The first-order valence-electron chi connectivity index (χ1n) is 8.52. The summed E-state index contributed by atoms with van der Waals surface area (Å²) in [6.45, 7) is 5.88. The van der Waals surface area contributed by atoms with E-state index in [1.165, 1.54) is 0 Å². The lowest BCUT2D eigenvalue weighted by molar-refractivity contribution is 0.329. The summed E-state index contributed by atoms with van der Waals surface area (Å²) >= 11 is 0. The first-order valence-corrected chi connectivity index (χ1v) is 8.52. The van der Waals surface area contributed by atoms with Gasteiger partial charge in [0.25, 0.3) is 0 Å². The highest BCUT2D eigenvalue weighted by Crippen LogP contribution is 2.34. The van der Waals surface area contributed by atoms with E-state index in [2.05, 4.69) is 38.2 Å². The fourth-order valence-corrected chi connectivity index (χ4v) is 3.07. The molecule has 0 aliphatic heterocycles. The molecule has 0 amide bonds. The van der Waals surface area contributed by atoms with E-state index in [1.54, 1.807) is 19.1 Å². The van der Waals surface area contributed by atoms with Gasteiger partial charge in [-0.3, -0.25) is 0 Å². The van der Waals surface area contributed by atoms with Crippen LogP contribution in [0.2, 0.25) is 0 Å². The summed E-state index contributed by atoms with van der Waals surface area (Å²) in [5.74, 6) is 0. The maximum atomic E-state index is 14.9. The zero-order chi connectivity index (χ0) is 18.1. The van der Waals surface area contributed by atoms with Crippen LogP contribution in [-0.2, 0) is 0 Å². The predicted molar refractivity (Wildman–Crippen MR) is 106 cm³/mol. The van der Waals surface area contributed by atoms with Crippen LogP contribution in [0.25, 0.3) is 5.57 Å². The van der Waals surface area contributed by atoms with E-state index < -0.39 is 5.67 Å². The van der Waals surface area contributed by atoms with E-state index in [0.717, 1.165) is 22.3 Å². The summed E-state index contributed by atoms with van der Waals surface area (Å²) in [5.41, 5.74) is 8.84. The Morgan fingerprint density at radius 1 is 0.880 bits per heavy atom. The molecule has 2 N–H and O–H groups in total. The molecule has 2 aliphatic rings. The molecule has 0 radical (unpaired) electrons. The van der Waals surface area contributed by atoms with Crippen molar-refractivity contribution in [2.75, 3.05) is 5.73 Å². The minimum atomic E-state index is -1.51. The Hall–Kier alpha value is -2.61. The van der Waals surface area contributed by atoms with Crippen molar-refractivity contribution in [3.8, 4) is 0 Å². The van der Waals surface area contributed by atoms with Gasteiger partial charge in [-0.05, 0) is 59.6 Å². The maximum Gasteiger partial charge on any atom is 0.145 e. The number of benzene rings is 1. The third-order valence-electron chi connectivity index (χ3n) is 4.33. The van der Waals surface area contributed by atoms with Crippen molar-refractivity contribution in [1.29, 1.82) is 0 Å². The molecule has 128 valence electrons. The Morgan fingerprint density at radius 3 is 2.44 bits per heavy atom. The number of nitrogen functional groups attached to an aromatic ring is 1. The van der Waals surface area contributed by atoms with Gasteiger partial charge in [-0.2, -0.15) is 0 Å². The zero-order valence-corrected chi connectivity index (χ0v) is 15.0. The molecular weight excluding hydrogens is 309 g/mol. The summed E-state index contributed by atoms with van der Waals surface area (Å²) in [7, 11) is 0. The topological polar surface area (TPSA) is 26.0 Å². The first kappa shape index (κ1) is 17.2. The van der Waals surface area contributed by atoms with E-state index in [-0.39, 0.29) is 5.41 Å². The summed E-state index contributed by atoms with van der Waals surface area (Å²) < 4.78 is 14.9. The van der Waals surface area contributed by atoms with Crippen molar-refractivity contribution in [2.24, 2.45) is 5.41 Å². The second-order valence-electron chi connectivity index (χ2n) is 7.45. The highest BCUT2D eigenvalue weighted by molar-refractivity contribution is 5.80. The normalized spacial score (nSPS) is 24.9. The number of rotatable bonds is 2. The average Bonchev–Trinajstić information content (AvgIpc) is 2.80. The number of halogens is 1. The Kier molecular flexibility index (Phi) is 4.38. The zero-order valence-electron chi connectivity index (χ0n) is 15.0. The molecule has 0 heterocycles. The van der Waals surface area contributed by atoms with Crippen molar-refractivity contribution in [2.45, 2.75) is 26.4 Å². The van der Waals surface area contributed by atoms with E-state index in [9.17, 15) is 4.39 Å². The van der Waals surface area contributed by atoms with Gasteiger partial charge in [-0.15, -0.1) is 0 Å². The highest BCUT2D eigenvalue weighted by atomic mass is 19.1. The quantitative estimate of drug-likeness (QED) is 0.664. The number of hydrogen-bond donors (Lipinski definition) is 1. The van der Waals surface area contributed by atoms with Crippen LogP contribution in [0.1, 0.15) is 26.3 Å². The molecule has 1 aromatic rings. The molecule has 1 unspecified atom stereocenters. The summed E-state index contributed by atoms with van der Waals surface area (Å²) in [6.07, 6.45) is 17.7. The number of anilines is 1. The minimum absolute atomic E-state index is 0.0557. The Bertz CT molecular complexity index is 858. The van der Waals surface area contributed by atoms with E-state index >= 15 is 0 Å². The summed E-state index contributed by atoms with van der Waals surface area (Å²) in [4.78, 5) is 0. The second-order valence-corrected chi connectivity index (χ2v) is 7.45. The molecule has 1 atom stereocenters. The van der Waals surface area contributed by atoms with Gasteiger partial charge >= 0.3 is 0 Å². The number of allylic oxidation sites excluding steroid dienone is 12. The highest BCUT2D eigenvalue weighted by Gasteiger charge is 2.21. The third-order valence-corrected chi connectivity index (χ3v) is 4.33. The van der Waals surface area contributed by atoms with Crippen molar-refractivity contribution < 1.29 is 4.39 Å². The fraction of sp³-hybridized carbons (Fsp3) is 0.217. The summed E-state index contributed by atoms with van der Waals surface area (Å²) in [5, 5.41) is 0. The van der Waals surface area contributed by atoms with Crippen LogP contribution >= 0.6 is 0 Å². The molecule has 2 aliphatic carbocycles. The molecule has 25 heavy (non-hydrogen) atoms. The van der Waals surface area contributed by atoms with Crippen LogP contribution in [0.5, 0.6) is 0 Å². The number of nitrogens with two attached hydrogens (primary N) is 1. The van der Waals surface area contributed by atoms with Crippen LogP contribution in [0.3, 0.4) is 0 Å². The largest absolute Gasteiger partial charge is 0.399 e. The molecular formula is C23H24FN. The van der Waals surface area contributed by atoms with Gasteiger partial charge in [0.2, 0.25) is 0 Å². The standard InChI is InChI=1S/C23H24FN/c1-22(2)11-5-4-7-19(15-22)18-10-12-23(3,24)16-20(13-18)17-8-6-9-21(25)14-17/h4-16H,25H2,1-3H3. The lowest BCUT2D eigenvalue weighted by Crippen LogP contribution is -2.09. The van der Waals surface area contributed by atoms with E-state index in [4.69, 9.17) is 5.73 Å². The third kappa shape index (κ3) is 4.27. The molecule has 1 nitrogen and oxygen atoms in total. The smallest absolute Gasteiger partial charge is 0.145 e. The monoisotopic (exact) mass is 333 g/mol. The Morgan fingerprint density at radius 2 is 1.68 bits per heavy atom. The van der Waals surface area contributed by atoms with Gasteiger partial charge < -0.3 is 5.73 Å². The predicted octanol–water partition coefficient (Wildman–Crippen LogP) is 5.96. The summed E-state index contributed by atoms with van der Waals surface area (Å²) in [6, 6.07) is 7.57. The molecule has 3 rings (SSSR count). The maximum absolute atomic E-state index is 14.9. The molecule has 0 bridgehead atoms. The molecule has 0 fully saturated rings. The fourth-order valence-electron chi connectivity index (χ4n) is 3.07. The van der Waals surface area contributed by atoms with Crippen LogP contribution in [-0.4, -0.2) is 5.67 Å². The van der Waals surface area contributed by atoms with E-state index in [0.29, 0.717) is 5.69 Å². The van der Waals surface area contributed by atoms with Crippen molar-refractivity contribution in [3.05, 3.63) is 95.7 Å². The van der Waals surface area contributed by atoms with Gasteiger partial charge in [-0.25, -0.2) is 4.39 Å². The Labute approximate surface area is 149 Å². The lowest BCUT2D eigenvalue weighted by Gasteiger charge is -2.16. The molecule has 2 heteroatoms. The van der Waals surface area contributed by atoms with Gasteiger partial charge in [0.15, 0.2) is 0 Å². The van der Waals surface area contributed by atoms with Gasteiger partial charge in [-0.1, -0.05) is 62.4 Å². The van der Waals surface area contributed by atoms with Gasteiger partial charge in [0.1, 0.15) is 5.67 Å². The van der Waals surface area contributed by atoms with Crippen molar-refractivity contribution in [3.63, 3.8) is 0 Å². The van der Waals surface area contributed by atoms with Crippen LogP contribution in [0.4, 0.5) is 10.1 Å². The van der Waals surface area contributed by atoms with Gasteiger partial charge in [0.05, 0.1) is 0 Å². The second kappa shape index (κ2) is 6.36. The first-order chi connectivity index (χ1) is 11.7. The molecule has 0 aromatic heterocycles. The van der Waals surface area contributed by atoms with Crippen LogP contribution in [0, 0.1) is 5.41 Å². The lowest BCUT2D eigenvalue weighted by atomic mass is 9.89.